The summed E-state index contributed by atoms with van der Waals surface area (Å²) >= 11 is 3.44. The largest absolute Gasteiger partial charge is 0.313 e. The van der Waals surface area contributed by atoms with Crippen LogP contribution in [0.15, 0.2) is 28.7 Å². The summed E-state index contributed by atoms with van der Waals surface area (Å²) in [5.74, 6) is -0.198. The fourth-order valence-corrected chi connectivity index (χ4v) is 2.95. The summed E-state index contributed by atoms with van der Waals surface area (Å²) in [6, 6.07) is 7.05. The number of hydrogen-bond acceptors (Lipinski definition) is 2. The summed E-state index contributed by atoms with van der Waals surface area (Å²) in [7, 11) is 3.78. The zero-order chi connectivity index (χ0) is 14.7. The first-order chi connectivity index (χ1) is 9.56. The molecule has 20 heavy (non-hydrogen) atoms. The molecule has 0 spiro atoms. The van der Waals surface area contributed by atoms with Crippen molar-refractivity contribution in [3.05, 3.63) is 51.5 Å². The quantitative estimate of drug-likeness (QED) is 0.904. The molecular weight excluding hydrogens is 321 g/mol. The van der Waals surface area contributed by atoms with Gasteiger partial charge in [0.25, 0.3) is 0 Å². The van der Waals surface area contributed by atoms with E-state index in [9.17, 15) is 4.39 Å². The van der Waals surface area contributed by atoms with E-state index in [0.717, 1.165) is 22.3 Å². The third-order valence-corrected chi connectivity index (χ3v) is 4.19. The minimum Gasteiger partial charge on any atom is -0.313 e. The highest BCUT2D eigenvalue weighted by Gasteiger charge is 2.19. The van der Waals surface area contributed by atoms with Crippen molar-refractivity contribution in [3.8, 4) is 0 Å². The van der Waals surface area contributed by atoms with E-state index < -0.39 is 0 Å². The predicted octanol–water partition coefficient (Wildman–Crippen LogP) is 3.39. The van der Waals surface area contributed by atoms with Crippen LogP contribution in [0.3, 0.4) is 0 Å². The second kappa shape index (κ2) is 6.50. The average molecular weight is 340 g/mol. The van der Waals surface area contributed by atoms with Crippen LogP contribution in [-0.4, -0.2) is 16.8 Å². The van der Waals surface area contributed by atoms with Crippen LogP contribution in [0.1, 0.15) is 29.9 Å². The Morgan fingerprint density at radius 1 is 1.45 bits per heavy atom. The fraction of sp³-hybridized carbons (Fsp3) is 0.400. The van der Waals surface area contributed by atoms with E-state index in [1.807, 2.05) is 24.8 Å². The predicted molar refractivity (Wildman–Crippen MR) is 82.2 cm³/mol. The Hall–Kier alpha value is -1.20. The van der Waals surface area contributed by atoms with Gasteiger partial charge in [-0.3, -0.25) is 4.68 Å². The van der Waals surface area contributed by atoms with Crippen molar-refractivity contribution in [1.82, 2.24) is 15.1 Å². The maximum Gasteiger partial charge on any atom is 0.129 e. The zero-order valence-corrected chi connectivity index (χ0v) is 13.5. The van der Waals surface area contributed by atoms with Crippen molar-refractivity contribution in [3.63, 3.8) is 0 Å². The van der Waals surface area contributed by atoms with Crippen LogP contribution in [0.2, 0.25) is 0 Å². The van der Waals surface area contributed by atoms with Gasteiger partial charge in [-0.05, 0) is 31.7 Å². The van der Waals surface area contributed by atoms with Gasteiger partial charge < -0.3 is 5.32 Å². The molecule has 0 aliphatic carbocycles. The molecule has 108 valence electrons. The highest BCUT2D eigenvalue weighted by Crippen LogP contribution is 2.28. The molecule has 0 bridgehead atoms. The molecule has 0 saturated heterocycles. The Morgan fingerprint density at radius 3 is 2.75 bits per heavy atom. The number of likely N-dealkylation sites (N-methyl/N-ethyl adjacent to an activating group) is 1. The minimum atomic E-state index is -0.198. The first kappa shape index (κ1) is 15.2. The SMILES string of the molecule is CCc1cc(CC(NC)c2c(F)cccc2Br)n(C)n1. The lowest BCUT2D eigenvalue weighted by atomic mass is 10.0. The first-order valence-corrected chi connectivity index (χ1v) is 7.49. The molecule has 2 aromatic rings. The fourth-order valence-electron chi connectivity index (χ4n) is 2.34. The second-order valence-electron chi connectivity index (χ2n) is 4.78. The number of halogens is 2. The van der Waals surface area contributed by atoms with Crippen molar-refractivity contribution in [2.75, 3.05) is 7.05 Å². The number of nitrogens with one attached hydrogen (secondary N) is 1. The molecule has 1 N–H and O–H groups in total. The van der Waals surface area contributed by atoms with Crippen LogP contribution in [0, 0.1) is 5.82 Å². The molecule has 1 unspecified atom stereocenters. The maximum atomic E-state index is 14.1. The lowest BCUT2D eigenvalue weighted by Crippen LogP contribution is -2.21. The van der Waals surface area contributed by atoms with Gasteiger partial charge in [0, 0.05) is 35.2 Å². The van der Waals surface area contributed by atoms with E-state index in [1.54, 1.807) is 6.07 Å². The number of benzene rings is 1. The number of nitrogens with zero attached hydrogens (tertiary/aromatic N) is 2. The molecule has 1 atom stereocenters. The summed E-state index contributed by atoms with van der Waals surface area (Å²) in [5.41, 5.74) is 2.82. The van der Waals surface area contributed by atoms with Gasteiger partial charge in [0.15, 0.2) is 0 Å². The van der Waals surface area contributed by atoms with E-state index in [-0.39, 0.29) is 11.9 Å². The van der Waals surface area contributed by atoms with E-state index in [4.69, 9.17) is 0 Å². The van der Waals surface area contributed by atoms with Gasteiger partial charge >= 0.3 is 0 Å². The number of rotatable bonds is 5. The number of hydrogen-bond donors (Lipinski definition) is 1. The molecule has 0 amide bonds. The normalized spacial score (nSPS) is 12.7. The van der Waals surface area contributed by atoms with Crippen LogP contribution < -0.4 is 5.32 Å². The Labute approximate surface area is 127 Å². The summed E-state index contributed by atoms with van der Waals surface area (Å²) in [6.07, 6.45) is 1.60. The van der Waals surface area contributed by atoms with Gasteiger partial charge in [0.05, 0.1) is 5.69 Å². The van der Waals surface area contributed by atoms with E-state index in [0.29, 0.717) is 12.0 Å². The molecule has 1 aromatic heterocycles. The van der Waals surface area contributed by atoms with E-state index in [2.05, 4.69) is 39.3 Å². The van der Waals surface area contributed by atoms with E-state index >= 15 is 0 Å². The molecule has 2 rings (SSSR count). The Kier molecular flexibility index (Phi) is 4.94. The maximum absolute atomic E-state index is 14.1. The van der Waals surface area contributed by atoms with Crippen molar-refractivity contribution in [2.24, 2.45) is 7.05 Å². The topological polar surface area (TPSA) is 29.9 Å². The summed E-state index contributed by atoms with van der Waals surface area (Å²) in [5, 5.41) is 7.63. The molecule has 5 heteroatoms. The highest BCUT2D eigenvalue weighted by atomic mass is 79.9. The standard InChI is InChI=1S/C15H19BrFN3/c1-4-10-8-11(20(3)19-10)9-14(18-2)15-12(16)6-5-7-13(15)17/h5-8,14,18H,4,9H2,1-3H3. The zero-order valence-electron chi connectivity index (χ0n) is 12.0. The highest BCUT2D eigenvalue weighted by molar-refractivity contribution is 9.10. The summed E-state index contributed by atoms with van der Waals surface area (Å²) in [6.45, 7) is 2.08. The Morgan fingerprint density at radius 2 is 2.20 bits per heavy atom. The summed E-state index contributed by atoms with van der Waals surface area (Å²) in [4.78, 5) is 0. The third-order valence-electron chi connectivity index (χ3n) is 3.50. The van der Waals surface area contributed by atoms with Gasteiger partial charge in [-0.25, -0.2) is 4.39 Å². The molecule has 0 aliphatic rings. The average Bonchev–Trinajstić information content (AvgIpc) is 2.78. The molecule has 1 aromatic carbocycles. The second-order valence-corrected chi connectivity index (χ2v) is 5.64. The molecule has 0 aliphatic heterocycles. The molecule has 0 fully saturated rings. The van der Waals surface area contributed by atoms with Crippen LogP contribution in [0.25, 0.3) is 0 Å². The molecule has 0 radical (unpaired) electrons. The Balaban J connectivity index is 2.31. The Bertz CT molecular complexity index is 575. The first-order valence-electron chi connectivity index (χ1n) is 6.69. The van der Waals surface area contributed by atoms with Crippen LogP contribution in [0.5, 0.6) is 0 Å². The van der Waals surface area contributed by atoms with Gasteiger partial charge in [-0.2, -0.15) is 5.10 Å². The third kappa shape index (κ3) is 3.10. The van der Waals surface area contributed by atoms with Crippen LogP contribution >= 0.6 is 15.9 Å². The minimum absolute atomic E-state index is 0.0920. The molecule has 1 heterocycles. The number of aromatic nitrogens is 2. The van der Waals surface area contributed by atoms with Crippen molar-refractivity contribution in [1.29, 1.82) is 0 Å². The monoisotopic (exact) mass is 339 g/mol. The van der Waals surface area contributed by atoms with Crippen LogP contribution in [0.4, 0.5) is 4.39 Å². The van der Waals surface area contributed by atoms with Crippen LogP contribution in [-0.2, 0) is 19.9 Å². The smallest absolute Gasteiger partial charge is 0.129 e. The van der Waals surface area contributed by atoms with Gasteiger partial charge in [-0.15, -0.1) is 0 Å². The van der Waals surface area contributed by atoms with Gasteiger partial charge in [-0.1, -0.05) is 28.9 Å². The van der Waals surface area contributed by atoms with Crippen molar-refractivity contribution in [2.45, 2.75) is 25.8 Å². The van der Waals surface area contributed by atoms with Crippen molar-refractivity contribution >= 4 is 15.9 Å². The molecular formula is C15H19BrFN3. The lowest BCUT2D eigenvalue weighted by Gasteiger charge is -2.19. The van der Waals surface area contributed by atoms with Gasteiger partial charge in [0.2, 0.25) is 0 Å². The van der Waals surface area contributed by atoms with Gasteiger partial charge in [0.1, 0.15) is 5.82 Å². The number of aryl methyl sites for hydroxylation is 2. The van der Waals surface area contributed by atoms with Crippen molar-refractivity contribution < 1.29 is 4.39 Å². The van der Waals surface area contributed by atoms with E-state index in [1.165, 1.54) is 6.07 Å². The summed E-state index contributed by atoms with van der Waals surface area (Å²) < 4.78 is 16.7. The molecule has 0 saturated carbocycles. The lowest BCUT2D eigenvalue weighted by molar-refractivity contribution is 0.517. The molecule has 3 nitrogen and oxygen atoms in total.